The summed E-state index contributed by atoms with van der Waals surface area (Å²) in [6.45, 7) is 1.17. The van der Waals surface area contributed by atoms with Gasteiger partial charge in [-0.15, -0.1) is 0 Å². The molecule has 0 spiro atoms. The van der Waals surface area contributed by atoms with E-state index in [0.29, 0.717) is 19.2 Å². The van der Waals surface area contributed by atoms with Gasteiger partial charge >= 0.3 is 6.18 Å². The van der Waals surface area contributed by atoms with Gasteiger partial charge in [-0.25, -0.2) is 13.4 Å². The number of hydrogen-bond donors (Lipinski definition) is 1. The molecule has 1 aromatic carbocycles. The third kappa shape index (κ3) is 3.77. The van der Waals surface area contributed by atoms with Crippen molar-refractivity contribution in [3.63, 3.8) is 0 Å². The highest BCUT2D eigenvalue weighted by molar-refractivity contribution is 7.89. The second-order valence-corrected chi connectivity index (χ2v) is 8.77. The molecule has 7 nitrogen and oxygen atoms in total. The van der Waals surface area contributed by atoms with Crippen molar-refractivity contribution in [2.75, 3.05) is 31.1 Å². The predicted octanol–water partition coefficient (Wildman–Crippen LogP) is 2.45. The zero-order valence-corrected chi connectivity index (χ0v) is 16.4. The van der Waals surface area contributed by atoms with Gasteiger partial charge in [-0.1, -0.05) is 6.07 Å². The van der Waals surface area contributed by atoms with Crippen molar-refractivity contribution >= 4 is 26.7 Å². The van der Waals surface area contributed by atoms with Crippen molar-refractivity contribution in [2.45, 2.75) is 11.1 Å². The van der Waals surface area contributed by atoms with Crippen LogP contribution >= 0.6 is 0 Å². The highest BCUT2D eigenvalue weighted by atomic mass is 32.2. The molecule has 1 fully saturated rings. The summed E-state index contributed by atoms with van der Waals surface area (Å²) < 4.78 is 67.4. The van der Waals surface area contributed by atoms with Crippen molar-refractivity contribution in [3.05, 3.63) is 64.6 Å². The Balaban J connectivity index is 1.65. The lowest BCUT2D eigenvalue weighted by Crippen LogP contribution is -2.48. The van der Waals surface area contributed by atoms with Crippen molar-refractivity contribution in [2.24, 2.45) is 0 Å². The number of benzene rings is 1. The lowest BCUT2D eigenvalue weighted by atomic mass is 10.1. The van der Waals surface area contributed by atoms with E-state index >= 15 is 0 Å². The first-order chi connectivity index (χ1) is 14.2. The summed E-state index contributed by atoms with van der Waals surface area (Å²) in [6.07, 6.45) is -3.14. The minimum atomic E-state index is -4.79. The van der Waals surface area contributed by atoms with Gasteiger partial charge in [-0.05, 0) is 30.3 Å². The molecule has 0 radical (unpaired) electrons. The van der Waals surface area contributed by atoms with Crippen LogP contribution in [0.5, 0.6) is 0 Å². The number of rotatable bonds is 3. The fraction of sp³-hybridized carbons (Fsp3) is 0.263. The SMILES string of the molecule is O=c1cc(C(F)(F)F)c2cc(S(=O)(=O)N3CCN(c4ccccn4)CC3)ccc2[nH]1. The van der Waals surface area contributed by atoms with Crippen LogP contribution in [0.4, 0.5) is 19.0 Å². The molecule has 158 valence electrons. The third-order valence-electron chi connectivity index (χ3n) is 4.97. The number of anilines is 1. The number of nitrogens with one attached hydrogen (secondary N) is 1. The van der Waals surface area contributed by atoms with Gasteiger partial charge in [0.1, 0.15) is 5.82 Å². The number of piperazine rings is 1. The van der Waals surface area contributed by atoms with Gasteiger partial charge in [0.15, 0.2) is 0 Å². The predicted molar refractivity (Wildman–Crippen MR) is 105 cm³/mol. The van der Waals surface area contributed by atoms with Crippen molar-refractivity contribution in [3.8, 4) is 0 Å². The maximum Gasteiger partial charge on any atom is 0.417 e. The molecular weight excluding hydrogens is 421 g/mol. The van der Waals surface area contributed by atoms with Crippen LogP contribution in [0.25, 0.3) is 10.9 Å². The Labute approximate surface area is 169 Å². The van der Waals surface area contributed by atoms with Crippen LogP contribution in [0.15, 0.2) is 58.4 Å². The Morgan fingerprint density at radius 1 is 1.00 bits per heavy atom. The zero-order chi connectivity index (χ0) is 21.5. The molecule has 0 saturated carbocycles. The van der Waals surface area contributed by atoms with Gasteiger partial charge in [0.2, 0.25) is 15.6 Å². The molecule has 3 heterocycles. The molecule has 0 atom stereocenters. The highest BCUT2D eigenvalue weighted by Gasteiger charge is 2.34. The minimum Gasteiger partial charge on any atom is -0.354 e. The number of sulfonamides is 1. The summed E-state index contributed by atoms with van der Waals surface area (Å²) in [5.74, 6) is 0.735. The van der Waals surface area contributed by atoms with Gasteiger partial charge in [-0.3, -0.25) is 4.79 Å². The molecule has 11 heteroatoms. The maximum absolute atomic E-state index is 13.4. The molecule has 1 saturated heterocycles. The molecule has 1 N–H and O–H groups in total. The van der Waals surface area contributed by atoms with E-state index in [0.717, 1.165) is 11.9 Å². The summed E-state index contributed by atoms with van der Waals surface area (Å²) >= 11 is 0. The Kier molecular flexibility index (Phi) is 5.02. The Morgan fingerprint density at radius 2 is 1.73 bits per heavy atom. The molecule has 0 aliphatic carbocycles. The number of hydrogen-bond acceptors (Lipinski definition) is 5. The number of H-pyrrole nitrogens is 1. The van der Waals surface area contributed by atoms with Crippen LogP contribution in [0.3, 0.4) is 0 Å². The lowest BCUT2D eigenvalue weighted by molar-refractivity contribution is -0.136. The second-order valence-electron chi connectivity index (χ2n) is 6.83. The van der Waals surface area contributed by atoms with Crippen molar-refractivity contribution < 1.29 is 21.6 Å². The monoisotopic (exact) mass is 438 g/mol. The molecule has 1 aliphatic rings. The van der Waals surface area contributed by atoms with Crippen LogP contribution < -0.4 is 10.5 Å². The Hall–Kier alpha value is -2.92. The van der Waals surface area contributed by atoms with Crippen molar-refractivity contribution in [1.29, 1.82) is 0 Å². The fourth-order valence-corrected chi connectivity index (χ4v) is 4.92. The van der Waals surface area contributed by atoms with E-state index in [4.69, 9.17) is 0 Å². The van der Waals surface area contributed by atoms with E-state index in [-0.39, 0.29) is 28.9 Å². The number of pyridine rings is 2. The molecule has 0 amide bonds. The summed E-state index contributed by atoms with van der Waals surface area (Å²) in [7, 11) is -4.00. The van der Waals surface area contributed by atoms with E-state index in [1.165, 1.54) is 16.4 Å². The molecule has 30 heavy (non-hydrogen) atoms. The maximum atomic E-state index is 13.4. The molecular formula is C19H17F3N4O3S. The summed E-state index contributed by atoms with van der Waals surface area (Å²) in [4.78, 5) is 19.8. The summed E-state index contributed by atoms with van der Waals surface area (Å²) in [5.41, 5.74) is -2.15. The third-order valence-corrected chi connectivity index (χ3v) is 6.86. The number of halogens is 3. The molecule has 1 aliphatic heterocycles. The van der Waals surface area contributed by atoms with Gasteiger partial charge < -0.3 is 9.88 Å². The van der Waals surface area contributed by atoms with Crippen LogP contribution in [-0.2, 0) is 16.2 Å². The van der Waals surface area contributed by atoms with Gasteiger partial charge in [0, 0.05) is 49.3 Å². The van der Waals surface area contributed by atoms with Crippen LogP contribution in [-0.4, -0.2) is 48.9 Å². The quantitative estimate of drug-likeness (QED) is 0.679. The first kappa shape index (κ1) is 20.4. The first-order valence-corrected chi connectivity index (χ1v) is 10.5. The summed E-state index contributed by atoms with van der Waals surface area (Å²) in [6, 6.07) is 9.24. The van der Waals surface area contributed by atoms with Gasteiger partial charge in [-0.2, -0.15) is 17.5 Å². The van der Waals surface area contributed by atoms with E-state index in [9.17, 15) is 26.4 Å². The minimum absolute atomic E-state index is 0.0752. The standard InChI is InChI=1S/C19H17F3N4O3S/c20-19(21,22)15-12-18(27)24-16-5-4-13(11-14(15)16)30(28,29)26-9-7-25(8-10-26)17-3-1-2-6-23-17/h1-6,11-12H,7-10H2,(H,24,27). The van der Waals surface area contributed by atoms with Gasteiger partial charge in [0.25, 0.3) is 0 Å². The van der Waals surface area contributed by atoms with Gasteiger partial charge in [0.05, 0.1) is 10.5 Å². The van der Waals surface area contributed by atoms with E-state index in [1.54, 1.807) is 12.3 Å². The van der Waals surface area contributed by atoms with Crippen molar-refractivity contribution in [1.82, 2.24) is 14.3 Å². The molecule has 2 aromatic heterocycles. The fourth-order valence-electron chi connectivity index (χ4n) is 3.48. The summed E-state index contributed by atoms with van der Waals surface area (Å²) in [5, 5.41) is -0.365. The van der Waals surface area contributed by atoms with E-state index < -0.39 is 27.3 Å². The Morgan fingerprint density at radius 3 is 2.37 bits per heavy atom. The van der Waals surface area contributed by atoms with E-state index in [2.05, 4.69) is 9.97 Å². The molecule has 4 rings (SSSR count). The largest absolute Gasteiger partial charge is 0.417 e. The lowest BCUT2D eigenvalue weighted by Gasteiger charge is -2.34. The molecule has 3 aromatic rings. The molecule has 0 bridgehead atoms. The van der Waals surface area contributed by atoms with Crippen LogP contribution in [0.1, 0.15) is 5.56 Å². The number of fused-ring (bicyclic) bond motifs is 1. The normalized spacial score (nSPS) is 16.2. The average Bonchev–Trinajstić information content (AvgIpc) is 2.73. The zero-order valence-electron chi connectivity index (χ0n) is 15.6. The molecule has 0 unspecified atom stereocenters. The van der Waals surface area contributed by atoms with Crippen LogP contribution in [0.2, 0.25) is 0 Å². The first-order valence-electron chi connectivity index (χ1n) is 9.07. The number of nitrogens with zero attached hydrogens (tertiary/aromatic N) is 3. The highest BCUT2D eigenvalue weighted by Crippen LogP contribution is 2.34. The van der Waals surface area contributed by atoms with Crippen LogP contribution in [0, 0.1) is 0 Å². The number of aromatic amines is 1. The average molecular weight is 438 g/mol. The topological polar surface area (TPSA) is 86.4 Å². The number of aromatic nitrogens is 2. The smallest absolute Gasteiger partial charge is 0.354 e. The number of alkyl halides is 3. The Bertz CT molecular complexity index is 1240. The second kappa shape index (κ2) is 7.40. The van der Waals surface area contributed by atoms with E-state index in [1.807, 2.05) is 17.0 Å².